The highest BCUT2D eigenvalue weighted by Gasteiger charge is 2.29. The molecule has 0 atom stereocenters. The fraction of sp³-hybridized carbons (Fsp3) is 0.111. The van der Waals surface area contributed by atoms with E-state index in [-0.39, 0.29) is 39.3 Å². The monoisotopic (exact) mass is 311 g/mol. The van der Waals surface area contributed by atoms with E-state index in [1.165, 1.54) is 12.1 Å². The van der Waals surface area contributed by atoms with E-state index in [1.807, 2.05) is 0 Å². The lowest BCUT2D eigenvalue weighted by Crippen LogP contribution is -2.26. The number of nitrogens with two attached hydrogens (primary N) is 3. The first-order valence-corrected chi connectivity index (χ1v) is 5.86. The molecule has 10 heteroatoms. The van der Waals surface area contributed by atoms with Crippen molar-refractivity contribution in [3.63, 3.8) is 0 Å². The highest BCUT2D eigenvalue weighted by atomic mass is 35.5. The Morgan fingerprint density at radius 2 is 1.84 bits per heavy atom. The molecular weight excluding hydrogens is 303 g/mol. The number of guanidine groups is 2. The van der Waals surface area contributed by atoms with Crippen LogP contribution in [0.5, 0.6) is 0 Å². The van der Waals surface area contributed by atoms with Crippen LogP contribution in [0.3, 0.4) is 0 Å². The van der Waals surface area contributed by atoms with Crippen LogP contribution in [-0.4, -0.2) is 17.4 Å². The summed E-state index contributed by atoms with van der Waals surface area (Å²) in [5.74, 6) is -0.630. The average Bonchev–Trinajstić information content (AvgIpc) is 2.19. The van der Waals surface area contributed by atoms with E-state index in [1.54, 1.807) is 0 Å². The molecule has 0 amide bonds. The molecule has 19 heavy (non-hydrogen) atoms. The van der Waals surface area contributed by atoms with Gasteiger partial charge in [0.2, 0.25) is 5.96 Å². The topological polar surface area (TPSA) is 103 Å². The molecule has 5 nitrogen and oxygen atoms in total. The molecule has 0 spiro atoms. The fourth-order valence-electron chi connectivity index (χ4n) is 1.06. The quantitative estimate of drug-likeness (QED) is 0.442. The molecule has 0 heterocycles. The van der Waals surface area contributed by atoms with Gasteiger partial charge in [-0.2, -0.15) is 18.2 Å². The van der Waals surface area contributed by atoms with Crippen LogP contribution < -0.4 is 17.2 Å². The minimum Gasteiger partial charge on any atom is -0.370 e. The minimum atomic E-state index is -4.40. The van der Waals surface area contributed by atoms with E-state index < -0.39 is 5.51 Å². The van der Waals surface area contributed by atoms with Crippen LogP contribution in [0.25, 0.3) is 0 Å². The van der Waals surface area contributed by atoms with E-state index in [9.17, 15) is 13.2 Å². The molecule has 0 saturated heterocycles. The molecule has 104 valence electrons. The van der Waals surface area contributed by atoms with Gasteiger partial charge in [-0.15, -0.1) is 0 Å². The molecule has 0 aliphatic carbocycles. The van der Waals surface area contributed by atoms with Gasteiger partial charge in [0.1, 0.15) is 0 Å². The Kier molecular flexibility index (Phi) is 4.90. The van der Waals surface area contributed by atoms with E-state index in [0.29, 0.717) is 0 Å². The maximum absolute atomic E-state index is 12.2. The van der Waals surface area contributed by atoms with Crippen molar-refractivity contribution in [3.8, 4) is 0 Å². The van der Waals surface area contributed by atoms with Crippen LogP contribution in [-0.2, 0) is 0 Å². The van der Waals surface area contributed by atoms with Crippen molar-refractivity contribution in [2.24, 2.45) is 27.2 Å². The van der Waals surface area contributed by atoms with Gasteiger partial charge in [-0.1, -0.05) is 11.6 Å². The summed E-state index contributed by atoms with van der Waals surface area (Å²) in [4.78, 5) is 7.08. The largest absolute Gasteiger partial charge is 0.446 e. The van der Waals surface area contributed by atoms with Gasteiger partial charge in [0.25, 0.3) is 0 Å². The van der Waals surface area contributed by atoms with Crippen LogP contribution in [0.15, 0.2) is 33.1 Å². The Balaban J connectivity index is 3.08. The molecule has 0 aliphatic rings. The Bertz CT molecular complexity index is 525. The normalized spacial score (nSPS) is 12.3. The number of thioether (sulfide) groups is 1. The number of benzene rings is 1. The number of aliphatic imine (C=N–C) groups is 2. The number of nitrogens with zero attached hydrogens (tertiary/aromatic N) is 2. The van der Waals surface area contributed by atoms with Crippen LogP contribution in [0.2, 0.25) is 5.02 Å². The first-order valence-electron chi connectivity index (χ1n) is 4.66. The predicted octanol–water partition coefficient (Wildman–Crippen LogP) is 2.17. The second-order valence-electron chi connectivity index (χ2n) is 3.17. The maximum Gasteiger partial charge on any atom is 0.446 e. The molecule has 0 unspecified atom stereocenters. The van der Waals surface area contributed by atoms with Crippen molar-refractivity contribution in [1.29, 1.82) is 0 Å². The van der Waals surface area contributed by atoms with Crippen LogP contribution >= 0.6 is 23.4 Å². The van der Waals surface area contributed by atoms with Gasteiger partial charge >= 0.3 is 5.51 Å². The summed E-state index contributed by atoms with van der Waals surface area (Å²) in [5, 5.41) is 0.125. The van der Waals surface area contributed by atoms with Crippen molar-refractivity contribution in [2.75, 3.05) is 0 Å². The van der Waals surface area contributed by atoms with E-state index in [4.69, 9.17) is 28.8 Å². The summed E-state index contributed by atoms with van der Waals surface area (Å²) in [6, 6.07) is 3.63. The third-order valence-corrected chi connectivity index (χ3v) is 2.67. The molecule has 1 rings (SSSR count). The zero-order valence-electron chi connectivity index (χ0n) is 9.28. The molecule has 0 aliphatic heterocycles. The van der Waals surface area contributed by atoms with E-state index in [0.717, 1.165) is 6.07 Å². The maximum atomic E-state index is 12.2. The minimum absolute atomic E-state index is 0.0402. The lowest BCUT2D eigenvalue weighted by molar-refractivity contribution is -0.0328. The zero-order chi connectivity index (χ0) is 14.6. The Morgan fingerprint density at radius 3 is 2.37 bits per heavy atom. The van der Waals surface area contributed by atoms with Crippen LogP contribution in [0.1, 0.15) is 0 Å². The van der Waals surface area contributed by atoms with E-state index in [2.05, 4.69) is 9.98 Å². The van der Waals surface area contributed by atoms with Gasteiger partial charge in [0.15, 0.2) is 5.96 Å². The molecule has 0 radical (unpaired) electrons. The summed E-state index contributed by atoms with van der Waals surface area (Å²) in [7, 11) is 0. The van der Waals surface area contributed by atoms with Gasteiger partial charge in [-0.3, -0.25) is 0 Å². The lowest BCUT2D eigenvalue weighted by Gasteiger charge is -2.07. The number of alkyl halides is 3. The lowest BCUT2D eigenvalue weighted by atomic mass is 10.3. The molecule has 6 N–H and O–H groups in total. The van der Waals surface area contributed by atoms with Crippen LogP contribution in [0, 0.1) is 0 Å². The van der Waals surface area contributed by atoms with Crippen molar-refractivity contribution in [3.05, 3.63) is 23.2 Å². The van der Waals surface area contributed by atoms with Gasteiger partial charge in [-0.25, -0.2) is 4.99 Å². The number of rotatable bonds is 2. The van der Waals surface area contributed by atoms with Gasteiger partial charge < -0.3 is 17.2 Å². The third kappa shape index (κ3) is 5.71. The number of hydrogen-bond acceptors (Lipinski definition) is 2. The predicted molar refractivity (Wildman–Crippen MR) is 70.5 cm³/mol. The smallest absolute Gasteiger partial charge is 0.370 e. The number of hydrogen-bond donors (Lipinski definition) is 3. The van der Waals surface area contributed by atoms with E-state index >= 15 is 0 Å². The summed E-state index contributed by atoms with van der Waals surface area (Å²) >= 11 is 5.49. The molecule has 0 aromatic heterocycles. The van der Waals surface area contributed by atoms with Crippen molar-refractivity contribution in [2.45, 2.75) is 10.4 Å². The Labute approximate surface area is 115 Å². The SMILES string of the molecule is NC(N)=NC(N)=Nc1cc(SC(F)(F)F)ccc1Cl. The second-order valence-corrected chi connectivity index (χ2v) is 4.71. The molecule has 0 saturated carbocycles. The van der Waals surface area contributed by atoms with Crippen molar-refractivity contribution >= 4 is 41.0 Å². The Hall–Kier alpha value is -1.61. The molecule has 0 fully saturated rings. The first kappa shape index (κ1) is 15.4. The van der Waals surface area contributed by atoms with Crippen molar-refractivity contribution in [1.82, 2.24) is 0 Å². The summed E-state index contributed by atoms with van der Waals surface area (Å²) < 4.78 is 36.7. The molecule has 1 aromatic carbocycles. The molecular formula is C9H9ClF3N5S. The highest BCUT2D eigenvalue weighted by molar-refractivity contribution is 8.00. The highest BCUT2D eigenvalue weighted by Crippen LogP contribution is 2.39. The standard InChI is InChI=1S/C9H9ClF3N5S/c10-5-2-1-4(19-9(11,12)13)3-6(5)17-8(16)18-7(14)15/h1-3H,(H6,14,15,16,17,18). The number of halogens is 4. The molecule has 0 bridgehead atoms. The fourth-order valence-corrected chi connectivity index (χ4v) is 1.79. The van der Waals surface area contributed by atoms with Gasteiger partial charge in [0.05, 0.1) is 10.7 Å². The molecule has 1 aromatic rings. The summed E-state index contributed by atoms with van der Waals surface area (Å²) in [6.07, 6.45) is 0. The average molecular weight is 312 g/mol. The zero-order valence-corrected chi connectivity index (χ0v) is 10.9. The van der Waals surface area contributed by atoms with Gasteiger partial charge in [0, 0.05) is 4.90 Å². The third-order valence-electron chi connectivity index (χ3n) is 1.63. The summed E-state index contributed by atoms with van der Waals surface area (Å²) in [6.45, 7) is 0. The van der Waals surface area contributed by atoms with Gasteiger partial charge in [-0.05, 0) is 30.0 Å². The van der Waals surface area contributed by atoms with Crippen molar-refractivity contribution < 1.29 is 13.2 Å². The summed E-state index contributed by atoms with van der Waals surface area (Å²) in [5.41, 5.74) is 11.2. The van der Waals surface area contributed by atoms with Crippen LogP contribution in [0.4, 0.5) is 18.9 Å². The second kappa shape index (κ2) is 6.02. The Morgan fingerprint density at radius 1 is 1.21 bits per heavy atom. The first-order chi connectivity index (χ1) is 8.67.